The Balaban J connectivity index is 1.05. The minimum Gasteiger partial charge on any atom is -0.394 e. The Bertz CT molecular complexity index is 2210. The Labute approximate surface area is 304 Å². The molecule has 4 unspecified atom stereocenters. The quantitative estimate of drug-likeness (QED) is 0.104. The summed E-state index contributed by atoms with van der Waals surface area (Å²) in [5, 5.41) is 13.2. The van der Waals surface area contributed by atoms with Gasteiger partial charge in [0.15, 0.2) is 48.0 Å². The van der Waals surface area contributed by atoms with Gasteiger partial charge in [-0.2, -0.15) is 0 Å². The van der Waals surface area contributed by atoms with Crippen LogP contribution >= 0.6 is 15.8 Å². The first-order chi connectivity index (χ1) is 25.3. The Morgan fingerprint density at radius 2 is 1.72 bits per heavy atom. The van der Waals surface area contributed by atoms with Crippen LogP contribution in [-0.2, 0) is 27.6 Å². The molecule has 0 saturated carbocycles. The zero-order valence-corrected chi connectivity index (χ0v) is 30.1. The number of aromatic amines is 1. The summed E-state index contributed by atoms with van der Waals surface area (Å²) in [6, 6.07) is 8.76. The average Bonchev–Trinajstić information content (AvgIpc) is 3.89. The van der Waals surface area contributed by atoms with Gasteiger partial charge in [-0.1, -0.05) is 32.0 Å². The molecule has 0 radical (unpaired) electrons. The molecule has 2 fully saturated rings. The van der Waals surface area contributed by atoms with E-state index >= 15 is 0 Å². The number of H-pyrrole nitrogens is 1. The van der Waals surface area contributed by atoms with Gasteiger partial charge in [-0.15, -0.1) is 9.42 Å². The van der Waals surface area contributed by atoms with E-state index in [2.05, 4.69) is 35.2 Å². The minimum absolute atomic E-state index is 0.100. The summed E-state index contributed by atoms with van der Waals surface area (Å²) >= 11 is 0. The molecule has 4 N–H and O–H groups in total. The van der Waals surface area contributed by atoms with Gasteiger partial charge in [0.1, 0.15) is 37.2 Å². The lowest BCUT2D eigenvalue weighted by molar-refractivity contribution is -0.0479. The van der Waals surface area contributed by atoms with E-state index in [-0.39, 0.29) is 42.0 Å². The number of aliphatic hydroxyl groups is 1. The van der Waals surface area contributed by atoms with Crippen LogP contribution in [0, 0.1) is 18.8 Å². The summed E-state index contributed by atoms with van der Waals surface area (Å²) in [6.45, 7) is 7.17. The largest absolute Gasteiger partial charge is 0.695 e. The SMILES string of the molecule is [BH3-][P+](C)(OC[C@H]1O[C@@H](n2cnc3c(=O)[nH]c(C)nc32)[C@@H](O[P+](=O)O)C1C)OC1[C@@H](CO)O[C@@H](n2cnc3c(NC(=O)c4ccccc4)ncnc32)[C@H]1C. The van der Waals surface area contributed by atoms with Crippen LogP contribution < -0.4 is 10.9 Å². The molecular weight excluding hydrogens is 731 g/mol. The number of rotatable bonds is 12. The third-order valence-electron chi connectivity index (χ3n) is 9.16. The van der Waals surface area contributed by atoms with Gasteiger partial charge in [0, 0.05) is 22.0 Å². The fourth-order valence-corrected chi connectivity index (χ4v) is 8.12. The van der Waals surface area contributed by atoms with Gasteiger partial charge in [-0.3, -0.25) is 23.2 Å². The zero-order chi connectivity index (χ0) is 37.6. The molecule has 2 aliphatic heterocycles. The first kappa shape index (κ1) is 37.2. The molecule has 53 heavy (non-hydrogen) atoms. The molecule has 2 saturated heterocycles. The highest BCUT2D eigenvalue weighted by Crippen LogP contribution is 2.57. The molecule has 6 heterocycles. The summed E-state index contributed by atoms with van der Waals surface area (Å²) in [4.78, 5) is 59.4. The number of aromatic nitrogens is 8. The van der Waals surface area contributed by atoms with E-state index in [1.807, 2.05) is 26.6 Å². The fraction of sp³-hybridized carbons (Fsp3) is 0.452. The molecule has 4 aromatic heterocycles. The lowest BCUT2D eigenvalue weighted by Gasteiger charge is -2.30. The van der Waals surface area contributed by atoms with E-state index in [1.165, 1.54) is 17.2 Å². The molecule has 2 aliphatic rings. The predicted molar refractivity (Wildman–Crippen MR) is 194 cm³/mol. The van der Waals surface area contributed by atoms with Crippen LogP contribution in [0.4, 0.5) is 5.82 Å². The van der Waals surface area contributed by atoms with Crippen molar-refractivity contribution < 1.29 is 42.4 Å². The second-order valence-corrected chi connectivity index (χ2v) is 14.5. The Hall–Kier alpha value is -4.10. The molecule has 0 aliphatic carbocycles. The smallest absolute Gasteiger partial charge is 0.394 e. The summed E-state index contributed by atoms with van der Waals surface area (Å²) in [5.74, 6) is -0.396. The number of carbonyl (C=O) groups is 1. The molecule has 7 rings (SSSR count). The van der Waals surface area contributed by atoms with Crippen molar-refractivity contribution in [3.05, 3.63) is 71.1 Å². The third-order valence-corrected chi connectivity index (χ3v) is 10.6. The molecule has 280 valence electrons. The molecule has 1 aromatic carbocycles. The minimum atomic E-state index is -2.98. The number of carbonyl (C=O) groups excluding carboxylic acids is 1. The number of amides is 1. The van der Waals surface area contributed by atoms with Crippen LogP contribution in [0.15, 0.2) is 54.1 Å². The number of imidazole rings is 2. The lowest BCUT2D eigenvalue weighted by atomic mass is 10.0. The molecule has 0 bridgehead atoms. The van der Waals surface area contributed by atoms with Crippen molar-refractivity contribution in [1.82, 2.24) is 39.0 Å². The van der Waals surface area contributed by atoms with Crippen LogP contribution in [-0.4, -0.2) is 107 Å². The van der Waals surface area contributed by atoms with E-state index in [4.69, 9.17) is 23.0 Å². The summed E-state index contributed by atoms with van der Waals surface area (Å²) in [7, 11) is -5.94. The van der Waals surface area contributed by atoms with Crippen molar-refractivity contribution in [2.45, 2.75) is 57.6 Å². The maximum absolute atomic E-state index is 12.9. The Kier molecular flexibility index (Phi) is 10.5. The number of hydrogen-bond donors (Lipinski definition) is 4. The number of anilines is 1. The van der Waals surface area contributed by atoms with E-state index in [0.717, 1.165) is 0 Å². The zero-order valence-electron chi connectivity index (χ0n) is 28.3. The molecule has 1 amide bonds. The number of aliphatic hydroxyl groups excluding tert-OH is 1. The fourth-order valence-electron chi connectivity index (χ4n) is 6.53. The number of nitrogens with zero attached hydrogens (tertiary/aromatic N) is 7. The summed E-state index contributed by atoms with van der Waals surface area (Å²) in [5.41, 5.74) is 1.23. The van der Waals surface area contributed by atoms with Crippen molar-refractivity contribution in [3.8, 4) is 0 Å². The van der Waals surface area contributed by atoms with Crippen LogP contribution in [0.2, 0.25) is 0 Å². The van der Waals surface area contributed by atoms with Gasteiger partial charge in [-0.05, 0) is 19.1 Å². The van der Waals surface area contributed by atoms with Gasteiger partial charge in [0.25, 0.3) is 11.5 Å². The Morgan fingerprint density at radius 3 is 2.43 bits per heavy atom. The number of aryl methyl sites for hydroxylation is 1. The van der Waals surface area contributed by atoms with Crippen molar-refractivity contribution in [2.24, 2.45) is 11.8 Å². The molecular formula is C31H39BN9O10P2+. The van der Waals surface area contributed by atoms with E-state index < -0.39 is 71.8 Å². The number of fused-ring (bicyclic) bond motifs is 2. The molecule has 5 aromatic rings. The van der Waals surface area contributed by atoms with E-state index in [0.29, 0.717) is 22.6 Å². The topological polar surface area (TPSA) is 240 Å². The average molecular weight is 770 g/mol. The maximum atomic E-state index is 12.9. The highest BCUT2D eigenvalue weighted by atomic mass is 31.2. The van der Waals surface area contributed by atoms with E-state index in [1.54, 1.807) is 42.1 Å². The lowest BCUT2D eigenvalue weighted by Crippen LogP contribution is -2.33. The van der Waals surface area contributed by atoms with Crippen LogP contribution in [0.25, 0.3) is 22.3 Å². The van der Waals surface area contributed by atoms with Crippen LogP contribution in [0.5, 0.6) is 0 Å². The molecule has 0 spiro atoms. The molecule has 19 nitrogen and oxygen atoms in total. The second kappa shape index (κ2) is 15.0. The first-order valence-electron chi connectivity index (χ1n) is 16.3. The number of ether oxygens (including phenoxy) is 2. The van der Waals surface area contributed by atoms with Crippen LogP contribution in [0.3, 0.4) is 0 Å². The summed E-state index contributed by atoms with van der Waals surface area (Å²) in [6.07, 6.45) is 0.117. The monoisotopic (exact) mass is 770 g/mol. The highest BCUT2D eigenvalue weighted by Gasteiger charge is 2.51. The van der Waals surface area contributed by atoms with Gasteiger partial charge >= 0.3 is 8.25 Å². The number of nitrogens with one attached hydrogen (secondary N) is 2. The Morgan fingerprint density at radius 1 is 1.02 bits per heavy atom. The van der Waals surface area contributed by atoms with Crippen molar-refractivity contribution in [1.29, 1.82) is 0 Å². The summed E-state index contributed by atoms with van der Waals surface area (Å²) < 4.78 is 46.5. The first-order valence-corrected chi connectivity index (χ1v) is 19.0. The number of hydrogen-bond acceptors (Lipinski definition) is 14. The third kappa shape index (κ3) is 7.39. The predicted octanol–water partition coefficient (Wildman–Crippen LogP) is 1.77. The number of benzene rings is 1. The maximum Gasteiger partial charge on any atom is 0.695 e. The van der Waals surface area contributed by atoms with Crippen molar-refractivity contribution in [3.63, 3.8) is 0 Å². The van der Waals surface area contributed by atoms with E-state index in [9.17, 15) is 24.2 Å². The standard InChI is InChI=1S/C31H38BN9O10P2/c1-15-20(49-31(24(15)50-52(45)46)41-14-36-22-27(41)37-17(3)38-29(22)44)11-47-53(4,32)51-23-16(2)30(48-19(23)10-42)40-13-35-21-25(33-12-34-26(21)40)39-28(43)18-8-6-5-7-9-18/h5-9,12-16,19-20,23-24,30-31,42H,10-11H2,1-4,32H3,(H2-,33,34,37,38,39,43,44,45,46)/p+1/t15?,16-,19+,20+,23?,24-,30+,31+,53?/m0/s1. The molecule has 10 atom stereocenters. The normalized spacial score (nSPS) is 27.3. The highest BCUT2D eigenvalue weighted by molar-refractivity contribution is 7.89. The van der Waals surface area contributed by atoms with Crippen LogP contribution in [0.1, 0.15) is 42.5 Å². The van der Waals surface area contributed by atoms with Gasteiger partial charge in [-0.25, -0.2) is 29.4 Å². The molecule has 22 heteroatoms. The van der Waals surface area contributed by atoms with Gasteiger partial charge < -0.3 is 24.9 Å². The van der Waals surface area contributed by atoms with Crippen molar-refractivity contribution >= 4 is 57.5 Å². The van der Waals surface area contributed by atoms with Gasteiger partial charge in [0.2, 0.25) is 0 Å². The second-order valence-electron chi connectivity index (χ2n) is 12.5. The van der Waals surface area contributed by atoms with Crippen molar-refractivity contribution in [2.75, 3.05) is 25.2 Å². The van der Waals surface area contributed by atoms with Gasteiger partial charge in [0.05, 0.1) is 39.6 Å².